The van der Waals surface area contributed by atoms with Gasteiger partial charge in [0, 0.05) is 29.9 Å². The van der Waals surface area contributed by atoms with Crippen LogP contribution in [0.25, 0.3) is 0 Å². The molecule has 1 heterocycles. The second kappa shape index (κ2) is 5.99. The van der Waals surface area contributed by atoms with Crippen molar-refractivity contribution in [2.45, 2.75) is 37.5 Å². The number of unbranched alkanes of at least 4 members (excludes halogenated alkanes) is 1. The minimum absolute atomic E-state index is 0.0250. The molecule has 0 bridgehead atoms. The quantitative estimate of drug-likeness (QED) is 0.789. The van der Waals surface area contributed by atoms with Crippen molar-refractivity contribution in [3.63, 3.8) is 0 Å². The molecule has 0 saturated heterocycles. The third kappa shape index (κ3) is 2.80. The van der Waals surface area contributed by atoms with E-state index in [4.69, 9.17) is 9.84 Å². The molecule has 1 saturated carbocycles. The fourth-order valence-corrected chi connectivity index (χ4v) is 3.44. The maximum absolute atomic E-state index is 12.3. The lowest BCUT2D eigenvalue weighted by Gasteiger charge is -2.26. The highest BCUT2D eigenvalue weighted by molar-refractivity contribution is 5.84. The second-order valence-electron chi connectivity index (χ2n) is 6.15. The van der Waals surface area contributed by atoms with Crippen LogP contribution in [0.2, 0.25) is 0 Å². The molecule has 22 heavy (non-hydrogen) atoms. The number of hydrogen-bond acceptors (Lipinski definition) is 3. The van der Waals surface area contributed by atoms with Crippen molar-refractivity contribution in [3.05, 3.63) is 29.8 Å². The average molecular weight is 303 g/mol. The van der Waals surface area contributed by atoms with Gasteiger partial charge >= 0.3 is 5.97 Å². The number of rotatable bonds is 6. The molecule has 0 unspecified atom stereocenters. The predicted molar refractivity (Wildman–Crippen MR) is 80.8 cm³/mol. The van der Waals surface area contributed by atoms with Gasteiger partial charge in [0.2, 0.25) is 5.91 Å². The first kappa shape index (κ1) is 14.9. The fourth-order valence-electron chi connectivity index (χ4n) is 3.44. The number of fused-ring (bicyclic) bond motifs is 2. The molecule has 0 radical (unpaired) electrons. The molecule has 5 heteroatoms. The number of hydrogen-bond donors (Lipinski definition) is 2. The zero-order chi connectivity index (χ0) is 15.6. The van der Waals surface area contributed by atoms with Gasteiger partial charge in [0.05, 0.1) is 6.61 Å². The summed E-state index contributed by atoms with van der Waals surface area (Å²) in [6, 6.07) is 7.98. The molecule has 2 N–H and O–H groups in total. The van der Waals surface area contributed by atoms with Crippen LogP contribution < -0.4 is 10.1 Å². The molecule has 2 atom stereocenters. The van der Waals surface area contributed by atoms with E-state index in [1.54, 1.807) is 0 Å². The van der Waals surface area contributed by atoms with Crippen molar-refractivity contribution in [1.29, 1.82) is 0 Å². The third-order valence-electron chi connectivity index (χ3n) is 4.74. The Morgan fingerprint density at radius 2 is 2.14 bits per heavy atom. The van der Waals surface area contributed by atoms with Crippen LogP contribution in [-0.4, -0.2) is 30.1 Å². The maximum atomic E-state index is 12.3. The summed E-state index contributed by atoms with van der Waals surface area (Å²) in [6.07, 6.45) is 3.24. The molecule has 3 rings (SSSR count). The smallest absolute Gasteiger partial charge is 0.303 e. The van der Waals surface area contributed by atoms with E-state index in [-0.39, 0.29) is 23.7 Å². The molecule has 1 aliphatic carbocycles. The summed E-state index contributed by atoms with van der Waals surface area (Å²) >= 11 is 0. The van der Waals surface area contributed by atoms with Gasteiger partial charge in [-0.3, -0.25) is 9.59 Å². The van der Waals surface area contributed by atoms with Crippen LogP contribution in [0.1, 0.15) is 37.7 Å². The van der Waals surface area contributed by atoms with E-state index in [1.807, 2.05) is 18.2 Å². The molecular formula is C17H21NO4. The average Bonchev–Trinajstić information content (AvgIpc) is 3.22. The molecule has 0 aromatic heterocycles. The van der Waals surface area contributed by atoms with Gasteiger partial charge in [-0.2, -0.15) is 0 Å². The van der Waals surface area contributed by atoms with Crippen LogP contribution in [0.15, 0.2) is 24.3 Å². The van der Waals surface area contributed by atoms with Crippen molar-refractivity contribution >= 4 is 11.9 Å². The Bertz CT molecular complexity index is 586. The van der Waals surface area contributed by atoms with Gasteiger partial charge in [-0.25, -0.2) is 0 Å². The number of carbonyl (C=O) groups is 2. The van der Waals surface area contributed by atoms with Crippen LogP contribution in [0.4, 0.5) is 0 Å². The Morgan fingerprint density at radius 3 is 2.95 bits per heavy atom. The number of carboxylic acid groups (broad SMARTS) is 1. The van der Waals surface area contributed by atoms with Gasteiger partial charge in [0.25, 0.3) is 0 Å². The first-order valence-electron chi connectivity index (χ1n) is 7.85. The monoisotopic (exact) mass is 303 g/mol. The van der Waals surface area contributed by atoms with E-state index in [9.17, 15) is 9.59 Å². The highest BCUT2D eigenvalue weighted by atomic mass is 16.5. The first-order chi connectivity index (χ1) is 10.6. The Balaban J connectivity index is 1.54. The molecule has 1 aromatic rings. The van der Waals surface area contributed by atoms with E-state index in [2.05, 4.69) is 11.4 Å². The van der Waals surface area contributed by atoms with Gasteiger partial charge in [0.1, 0.15) is 5.75 Å². The SMILES string of the molecule is O=C(O)CCCCNC(=O)[C@@H]1C[C@]12CCOc1ccccc12. The third-order valence-corrected chi connectivity index (χ3v) is 4.74. The van der Waals surface area contributed by atoms with Gasteiger partial charge in [0.15, 0.2) is 0 Å². The summed E-state index contributed by atoms with van der Waals surface area (Å²) in [5, 5.41) is 11.5. The number of aliphatic carboxylic acids is 1. The minimum Gasteiger partial charge on any atom is -0.493 e. The molecule has 1 spiro atoms. The Hall–Kier alpha value is -2.04. The largest absolute Gasteiger partial charge is 0.493 e. The summed E-state index contributed by atoms with van der Waals surface area (Å²) < 4.78 is 5.68. The summed E-state index contributed by atoms with van der Waals surface area (Å²) in [7, 11) is 0. The van der Waals surface area contributed by atoms with Gasteiger partial charge in [-0.1, -0.05) is 18.2 Å². The number of benzene rings is 1. The zero-order valence-electron chi connectivity index (χ0n) is 12.5. The summed E-state index contributed by atoms with van der Waals surface area (Å²) in [5.41, 5.74) is 1.12. The number of para-hydroxylation sites is 1. The summed E-state index contributed by atoms with van der Waals surface area (Å²) in [4.78, 5) is 22.8. The fraction of sp³-hybridized carbons (Fsp3) is 0.529. The van der Waals surface area contributed by atoms with Gasteiger partial charge < -0.3 is 15.2 Å². The number of carbonyl (C=O) groups excluding carboxylic acids is 1. The molecule has 1 aromatic carbocycles. The van der Waals surface area contributed by atoms with Crippen molar-refractivity contribution in [3.8, 4) is 5.75 Å². The van der Waals surface area contributed by atoms with E-state index in [0.717, 1.165) is 24.2 Å². The van der Waals surface area contributed by atoms with Crippen LogP contribution in [-0.2, 0) is 15.0 Å². The lowest BCUT2D eigenvalue weighted by Crippen LogP contribution is -2.31. The van der Waals surface area contributed by atoms with Crippen molar-refractivity contribution in [2.24, 2.45) is 5.92 Å². The van der Waals surface area contributed by atoms with E-state index in [1.165, 1.54) is 0 Å². The van der Waals surface area contributed by atoms with Crippen molar-refractivity contribution in [2.75, 3.05) is 13.2 Å². The Kier molecular flexibility index (Phi) is 4.05. The number of amides is 1. The van der Waals surface area contributed by atoms with Crippen LogP contribution in [0.5, 0.6) is 5.75 Å². The molecule has 1 amide bonds. The summed E-state index contributed by atoms with van der Waals surface area (Å²) in [5.74, 6) is 0.237. The topological polar surface area (TPSA) is 75.6 Å². The molecule has 1 fully saturated rings. The van der Waals surface area contributed by atoms with Crippen molar-refractivity contribution < 1.29 is 19.4 Å². The van der Waals surface area contributed by atoms with Crippen LogP contribution in [0.3, 0.4) is 0 Å². The molecule has 2 aliphatic rings. The minimum atomic E-state index is -0.786. The normalized spacial score (nSPS) is 25.2. The lowest BCUT2D eigenvalue weighted by atomic mass is 9.87. The van der Waals surface area contributed by atoms with Crippen LogP contribution >= 0.6 is 0 Å². The second-order valence-corrected chi connectivity index (χ2v) is 6.15. The standard InChI is InChI=1S/C17H21NO4/c19-15(20)7-3-4-9-18-16(21)13-11-17(13)8-10-22-14-6-2-1-5-12(14)17/h1-2,5-6,13H,3-4,7-11H2,(H,18,21)(H,19,20)/t13-,17-/m0/s1. The zero-order valence-corrected chi connectivity index (χ0v) is 12.5. The maximum Gasteiger partial charge on any atom is 0.303 e. The van der Waals surface area contributed by atoms with E-state index < -0.39 is 5.97 Å². The van der Waals surface area contributed by atoms with Crippen molar-refractivity contribution in [1.82, 2.24) is 5.32 Å². The van der Waals surface area contributed by atoms with Gasteiger partial charge in [-0.05, 0) is 31.7 Å². The highest BCUT2D eigenvalue weighted by Gasteiger charge is 2.60. The van der Waals surface area contributed by atoms with E-state index >= 15 is 0 Å². The number of ether oxygens (including phenoxy) is 1. The molecule has 5 nitrogen and oxygen atoms in total. The first-order valence-corrected chi connectivity index (χ1v) is 7.85. The molecule has 118 valence electrons. The Morgan fingerprint density at radius 1 is 1.32 bits per heavy atom. The number of carboxylic acids is 1. The highest BCUT2D eigenvalue weighted by Crippen LogP contribution is 2.60. The van der Waals surface area contributed by atoms with E-state index in [0.29, 0.717) is 26.0 Å². The summed E-state index contributed by atoms with van der Waals surface area (Å²) in [6.45, 7) is 1.22. The molecule has 1 aliphatic heterocycles. The molecular weight excluding hydrogens is 282 g/mol. The Labute approximate surface area is 129 Å². The predicted octanol–water partition coefficient (Wildman–Crippen LogP) is 2.10. The van der Waals surface area contributed by atoms with Crippen LogP contribution in [0, 0.1) is 5.92 Å². The lowest BCUT2D eigenvalue weighted by molar-refractivity contribution is -0.137. The number of nitrogens with one attached hydrogen (secondary N) is 1. The van der Waals surface area contributed by atoms with Gasteiger partial charge in [-0.15, -0.1) is 0 Å².